The molecule has 3 rings (SSSR count). The average molecular weight is 268 g/mol. The van der Waals surface area contributed by atoms with Crippen molar-refractivity contribution in [2.75, 3.05) is 6.54 Å². The first-order valence-corrected chi connectivity index (χ1v) is 6.86. The summed E-state index contributed by atoms with van der Waals surface area (Å²) in [4.78, 5) is 11.4. The van der Waals surface area contributed by atoms with Crippen LogP contribution in [0.25, 0.3) is 22.2 Å². The van der Waals surface area contributed by atoms with Crippen molar-refractivity contribution >= 4 is 10.9 Å². The van der Waals surface area contributed by atoms with Crippen molar-refractivity contribution in [1.82, 2.24) is 15.0 Å². The van der Waals surface area contributed by atoms with E-state index in [0.717, 1.165) is 22.7 Å². The summed E-state index contributed by atoms with van der Waals surface area (Å²) in [7, 11) is 0. The van der Waals surface area contributed by atoms with Crippen LogP contribution in [-0.2, 0) is 5.41 Å². The normalized spacial score (nSPS) is 12.2. The topological polar surface area (TPSA) is 70.5 Å². The summed E-state index contributed by atoms with van der Waals surface area (Å²) in [6.45, 7) is 6.84. The molecule has 0 aliphatic heterocycles. The molecule has 0 bridgehead atoms. The van der Waals surface area contributed by atoms with E-state index in [1.807, 2.05) is 12.3 Å². The van der Waals surface area contributed by atoms with Crippen LogP contribution in [0.5, 0.6) is 0 Å². The Labute approximate surface area is 118 Å². The van der Waals surface area contributed by atoms with E-state index in [2.05, 4.69) is 53.9 Å². The van der Waals surface area contributed by atoms with Crippen molar-refractivity contribution < 1.29 is 0 Å². The van der Waals surface area contributed by atoms with Crippen molar-refractivity contribution in [1.29, 1.82) is 0 Å². The van der Waals surface area contributed by atoms with Crippen molar-refractivity contribution in [3.63, 3.8) is 0 Å². The molecule has 0 radical (unpaired) electrons. The highest BCUT2D eigenvalue weighted by atomic mass is 14.9. The molecule has 0 unspecified atom stereocenters. The molecule has 1 aromatic carbocycles. The zero-order valence-corrected chi connectivity index (χ0v) is 12.1. The van der Waals surface area contributed by atoms with Crippen LogP contribution >= 0.6 is 0 Å². The van der Waals surface area contributed by atoms with Gasteiger partial charge in [0.15, 0.2) is 0 Å². The number of benzene rings is 1. The lowest BCUT2D eigenvalue weighted by Crippen LogP contribution is -2.29. The van der Waals surface area contributed by atoms with E-state index in [-0.39, 0.29) is 5.41 Å². The molecule has 0 aliphatic carbocycles. The molecule has 4 N–H and O–H groups in total. The van der Waals surface area contributed by atoms with Crippen LogP contribution in [0.4, 0.5) is 0 Å². The predicted molar refractivity (Wildman–Crippen MR) is 82.7 cm³/mol. The maximum absolute atomic E-state index is 5.82. The summed E-state index contributed by atoms with van der Waals surface area (Å²) in [6, 6.07) is 8.31. The number of aromatic nitrogens is 3. The Morgan fingerprint density at radius 3 is 2.70 bits per heavy atom. The van der Waals surface area contributed by atoms with Gasteiger partial charge in [0.1, 0.15) is 5.82 Å². The third kappa shape index (κ3) is 1.93. The summed E-state index contributed by atoms with van der Waals surface area (Å²) >= 11 is 0. The fraction of sp³-hybridized carbons (Fsp3) is 0.312. The minimum atomic E-state index is -0.141. The van der Waals surface area contributed by atoms with E-state index in [0.29, 0.717) is 6.54 Å². The van der Waals surface area contributed by atoms with Crippen molar-refractivity contribution in [2.24, 2.45) is 5.73 Å². The number of rotatable bonds is 3. The molecule has 0 amide bonds. The summed E-state index contributed by atoms with van der Waals surface area (Å²) in [5.74, 6) is 0.930. The number of nitrogens with two attached hydrogens (primary N) is 1. The Morgan fingerprint density at radius 1 is 1.20 bits per heavy atom. The van der Waals surface area contributed by atoms with Crippen molar-refractivity contribution in [2.45, 2.75) is 26.2 Å². The smallest absolute Gasteiger partial charge is 0.113 e. The molecule has 0 fully saturated rings. The SMILES string of the molecule is Cc1[nH]c2ccccc2c1-c1cnc(C(C)(C)CN)[nH]1. The minimum Gasteiger partial charge on any atom is -0.358 e. The lowest BCUT2D eigenvalue weighted by atomic mass is 9.93. The fourth-order valence-electron chi connectivity index (χ4n) is 2.51. The minimum absolute atomic E-state index is 0.141. The zero-order valence-electron chi connectivity index (χ0n) is 12.1. The van der Waals surface area contributed by atoms with Crippen molar-refractivity contribution in [3.05, 3.63) is 42.0 Å². The quantitative estimate of drug-likeness (QED) is 0.683. The molecule has 4 heteroatoms. The van der Waals surface area contributed by atoms with Crippen LogP contribution in [0.15, 0.2) is 30.5 Å². The Morgan fingerprint density at radius 2 is 1.95 bits per heavy atom. The molecule has 104 valence electrons. The number of hydrogen-bond donors (Lipinski definition) is 3. The number of nitrogens with one attached hydrogen (secondary N) is 2. The maximum Gasteiger partial charge on any atom is 0.113 e. The number of aromatic amines is 2. The van der Waals surface area contributed by atoms with Gasteiger partial charge < -0.3 is 15.7 Å². The average Bonchev–Trinajstić information content (AvgIpc) is 3.02. The molecule has 2 aromatic heterocycles. The van der Waals surface area contributed by atoms with Gasteiger partial charge in [-0.3, -0.25) is 0 Å². The Bertz CT molecular complexity index is 749. The number of hydrogen-bond acceptors (Lipinski definition) is 2. The number of para-hydroxylation sites is 1. The van der Waals surface area contributed by atoms with E-state index >= 15 is 0 Å². The van der Waals surface area contributed by atoms with E-state index in [1.54, 1.807) is 0 Å². The van der Waals surface area contributed by atoms with Crippen LogP contribution in [0.3, 0.4) is 0 Å². The van der Waals surface area contributed by atoms with Gasteiger partial charge in [-0.2, -0.15) is 0 Å². The van der Waals surface area contributed by atoms with Crippen molar-refractivity contribution in [3.8, 4) is 11.3 Å². The second-order valence-electron chi connectivity index (χ2n) is 5.90. The third-order valence-corrected chi connectivity index (χ3v) is 3.89. The molecule has 0 saturated carbocycles. The summed E-state index contributed by atoms with van der Waals surface area (Å²) in [5, 5.41) is 1.21. The summed E-state index contributed by atoms with van der Waals surface area (Å²) < 4.78 is 0. The van der Waals surface area contributed by atoms with E-state index in [1.165, 1.54) is 10.9 Å². The van der Waals surface area contributed by atoms with Gasteiger partial charge in [0.05, 0.1) is 11.9 Å². The first-order valence-electron chi connectivity index (χ1n) is 6.86. The molecular formula is C16H20N4. The lowest BCUT2D eigenvalue weighted by Gasteiger charge is -2.18. The van der Waals surface area contributed by atoms with Crippen LogP contribution < -0.4 is 5.73 Å². The Balaban J connectivity index is 2.15. The third-order valence-electron chi connectivity index (χ3n) is 3.89. The van der Waals surface area contributed by atoms with Gasteiger partial charge in [0, 0.05) is 34.1 Å². The van der Waals surface area contributed by atoms with Gasteiger partial charge in [0.25, 0.3) is 0 Å². The van der Waals surface area contributed by atoms with Gasteiger partial charge in [0.2, 0.25) is 0 Å². The largest absolute Gasteiger partial charge is 0.358 e. The molecule has 2 heterocycles. The molecule has 0 aliphatic rings. The number of nitrogens with zero attached hydrogens (tertiary/aromatic N) is 1. The molecule has 20 heavy (non-hydrogen) atoms. The van der Waals surface area contributed by atoms with Gasteiger partial charge in [-0.05, 0) is 13.0 Å². The Hall–Kier alpha value is -2.07. The second kappa shape index (κ2) is 4.49. The number of fused-ring (bicyclic) bond motifs is 1. The highest BCUT2D eigenvalue weighted by Gasteiger charge is 2.23. The lowest BCUT2D eigenvalue weighted by molar-refractivity contribution is 0.508. The molecule has 0 saturated heterocycles. The van der Waals surface area contributed by atoms with Crippen LogP contribution in [0.1, 0.15) is 25.4 Å². The summed E-state index contributed by atoms with van der Waals surface area (Å²) in [5.41, 5.74) is 10.2. The van der Waals surface area contributed by atoms with Gasteiger partial charge in [-0.1, -0.05) is 32.0 Å². The number of aryl methyl sites for hydroxylation is 1. The van der Waals surface area contributed by atoms with Gasteiger partial charge in [-0.25, -0.2) is 4.98 Å². The predicted octanol–water partition coefficient (Wildman–Crippen LogP) is 3.10. The fourth-order valence-corrected chi connectivity index (χ4v) is 2.51. The van der Waals surface area contributed by atoms with E-state index < -0.39 is 0 Å². The van der Waals surface area contributed by atoms with E-state index in [4.69, 9.17) is 5.73 Å². The van der Waals surface area contributed by atoms with E-state index in [9.17, 15) is 0 Å². The second-order valence-corrected chi connectivity index (χ2v) is 5.90. The first-order chi connectivity index (χ1) is 9.53. The van der Waals surface area contributed by atoms with Crippen LogP contribution in [0.2, 0.25) is 0 Å². The van der Waals surface area contributed by atoms with Gasteiger partial charge >= 0.3 is 0 Å². The Kier molecular flexibility index (Phi) is 2.91. The standard InChI is InChI=1S/C16H20N4/c1-10-14(11-6-4-5-7-12(11)19-10)13-8-18-15(20-13)16(2,3)9-17/h4-8,19H,9,17H2,1-3H3,(H,18,20). The van der Waals surface area contributed by atoms with Crippen LogP contribution in [-0.4, -0.2) is 21.5 Å². The monoisotopic (exact) mass is 268 g/mol. The number of imidazole rings is 1. The summed E-state index contributed by atoms with van der Waals surface area (Å²) in [6.07, 6.45) is 1.90. The molecule has 3 aromatic rings. The molecular weight excluding hydrogens is 248 g/mol. The number of H-pyrrole nitrogens is 2. The van der Waals surface area contributed by atoms with Crippen LogP contribution in [0, 0.1) is 6.92 Å². The molecule has 0 atom stereocenters. The maximum atomic E-state index is 5.82. The highest BCUT2D eigenvalue weighted by Crippen LogP contribution is 2.32. The van der Waals surface area contributed by atoms with Gasteiger partial charge in [-0.15, -0.1) is 0 Å². The highest BCUT2D eigenvalue weighted by molar-refractivity contribution is 5.96. The zero-order chi connectivity index (χ0) is 14.3. The molecule has 0 spiro atoms. The first kappa shape index (κ1) is 12.9. The molecule has 4 nitrogen and oxygen atoms in total.